The van der Waals surface area contributed by atoms with Crippen LogP contribution in [0.3, 0.4) is 0 Å². The Balaban J connectivity index is 2.81. The number of carbonyl (C=O) groups is 2. The van der Waals surface area contributed by atoms with Gasteiger partial charge in [0.25, 0.3) is 0 Å². The Morgan fingerprint density at radius 3 is 2.37 bits per heavy atom. The maximum Gasteiger partial charge on any atom is 0.329 e. The highest BCUT2D eigenvalue weighted by atomic mass is 16.4. The van der Waals surface area contributed by atoms with E-state index in [-0.39, 0.29) is 6.03 Å². The second-order valence-electron chi connectivity index (χ2n) is 5.53. The first-order valence-corrected chi connectivity index (χ1v) is 6.79. The zero-order valence-corrected chi connectivity index (χ0v) is 12.3. The SMILES string of the molecule is CCN(C(=O)N1CCCN(C)CC1)C(C)(C)C(=O)O. The van der Waals surface area contributed by atoms with Gasteiger partial charge in [0.05, 0.1) is 0 Å². The molecule has 1 N–H and O–H groups in total. The fourth-order valence-electron chi connectivity index (χ4n) is 2.29. The van der Waals surface area contributed by atoms with Crippen LogP contribution >= 0.6 is 0 Å². The molecular weight excluding hydrogens is 246 g/mol. The van der Waals surface area contributed by atoms with Gasteiger partial charge in [0.2, 0.25) is 0 Å². The van der Waals surface area contributed by atoms with E-state index < -0.39 is 11.5 Å². The number of rotatable bonds is 3. The fourth-order valence-corrected chi connectivity index (χ4v) is 2.29. The van der Waals surface area contributed by atoms with Crippen molar-refractivity contribution in [2.24, 2.45) is 0 Å². The molecule has 0 saturated carbocycles. The first kappa shape index (κ1) is 15.8. The van der Waals surface area contributed by atoms with E-state index in [0.717, 1.165) is 19.5 Å². The summed E-state index contributed by atoms with van der Waals surface area (Å²) in [5, 5.41) is 9.27. The molecule has 19 heavy (non-hydrogen) atoms. The number of aliphatic carboxylic acids is 1. The van der Waals surface area contributed by atoms with Gasteiger partial charge in [0.1, 0.15) is 5.54 Å². The van der Waals surface area contributed by atoms with Crippen molar-refractivity contribution in [2.45, 2.75) is 32.7 Å². The molecule has 1 saturated heterocycles. The van der Waals surface area contributed by atoms with Crippen LogP contribution in [0.5, 0.6) is 0 Å². The number of hydrogen-bond donors (Lipinski definition) is 1. The van der Waals surface area contributed by atoms with E-state index in [1.165, 1.54) is 4.90 Å². The molecule has 1 aliphatic rings. The second-order valence-corrected chi connectivity index (χ2v) is 5.53. The van der Waals surface area contributed by atoms with Crippen LogP contribution in [0.15, 0.2) is 0 Å². The molecule has 6 nitrogen and oxygen atoms in total. The van der Waals surface area contributed by atoms with Gasteiger partial charge in [-0.05, 0) is 40.8 Å². The van der Waals surface area contributed by atoms with E-state index in [9.17, 15) is 14.7 Å². The molecule has 1 fully saturated rings. The van der Waals surface area contributed by atoms with Crippen molar-refractivity contribution in [3.8, 4) is 0 Å². The fraction of sp³-hybridized carbons (Fsp3) is 0.846. The first-order valence-electron chi connectivity index (χ1n) is 6.79. The van der Waals surface area contributed by atoms with Crippen LogP contribution in [0.25, 0.3) is 0 Å². The highest BCUT2D eigenvalue weighted by Crippen LogP contribution is 2.17. The van der Waals surface area contributed by atoms with Gasteiger partial charge in [-0.1, -0.05) is 0 Å². The molecule has 2 amide bonds. The van der Waals surface area contributed by atoms with Crippen molar-refractivity contribution in [3.05, 3.63) is 0 Å². The summed E-state index contributed by atoms with van der Waals surface area (Å²) in [7, 11) is 2.03. The zero-order valence-electron chi connectivity index (χ0n) is 12.3. The third-order valence-electron chi connectivity index (χ3n) is 3.74. The quantitative estimate of drug-likeness (QED) is 0.829. The van der Waals surface area contributed by atoms with Crippen LogP contribution in [0.2, 0.25) is 0 Å². The van der Waals surface area contributed by atoms with Gasteiger partial charge in [-0.3, -0.25) is 0 Å². The molecular formula is C13H25N3O3. The van der Waals surface area contributed by atoms with Crippen LogP contribution < -0.4 is 0 Å². The predicted molar refractivity (Wildman–Crippen MR) is 73.2 cm³/mol. The highest BCUT2D eigenvalue weighted by Gasteiger charge is 2.38. The number of nitrogens with zero attached hydrogens (tertiary/aromatic N) is 3. The number of hydrogen-bond acceptors (Lipinski definition) is 3. The Morgan fingerprint density at radius 2 is 1.84 bits per heavy atom. The summed E-state index contributed by atoms with van der Waals surface area (Å²) in [4.78, 5) is 29.2. The Bertz CT molecular complexity index is 344. The van der Waals surface area contributed by atoms with E-state index in [1.54, 1.807) is 18.7 Å². The largest absolute Gasteiger partial charge is 0.480 e. The molecule has 110 valence electrons. The van der Waals surface area contributed by atoms with Crippen LogP contribution in [-0.4, -0.2) is 77.1 Å². The maximum absolute atomic E-state index is 12.5. The van der Waals surface area contributed by atoms with Gasteiger partial charge >= 0.3 is 12.0 Å². The van der Waals surface area contributed by atoms with E-state index in [0.29, 0.717) is 19.6 Å². The maximum atomic E-state index is 12.5. The van der Waals surface area contributed by atoms with Crippen molar-refractivity contribution in [1.29, 1.82) is 0 Å². The molecule has 0 aromatic carbocycles. The summed E-state index contributed by atoms with van der Waals surface area (Å²) in [6.07, 6.45) is 0.924. The molecule has 6 heteroatoms. The lowest BCUT2D eigenvalue weighted by Gasteiger charge is -2.37. The smallest absolute Gasteiger partial charge is 0.329 e. The van der Waals surface area contributed by atoms with Gasteiger partial charge in [-0.25, -0.2) is 9.59 Å². The second kappa shape index (κ2) is 6.23. The van der Waals surface area contributed by atoms with Gasteiger partial charge < -0.3 is 19.8 Å². The number of carbonyl (C=O) groups excluding carboxylic acids is 1. The number of likely N-dealkylation sites (N-methyl/N-ethyl adjacent to an activating group) is 2. The van der Waals surface area contributed by atoms with Crippen LogP contribution in [0.1, 0.15) is 27.2 Å². The number of amides is 2. The lowest BCUT2D eigenvalue weighted by atomic mass is 10.0. The van der Waals surface area contributed by atoms with Crippen molar-refractivity contribution in [2.75, 3.05) is 39.8 Å². The summed E-state index contributed by atoms with van der Waals surface area (Å²) in [6, 6.07) is -0.176. The standard InChI is InChI=1S/C13H25N3O3/c1-5-16(13(2,3)11(17)18)12(19)15-8-6-7-14(4)9-10-15/h5-10H2,1-4H3,(H,17,18). The van der Waals surface area contributed by atoms with Gasteiger partial charge in [0, 0.05) is 26.2 Å². The molecule has 0 aliphatic carbocycles. The molecule has 0 spiro atoms. The molecule has 0 aromatic rings. The van der Waals surface area contributed by atoms with E-state index >= 15 is 0 Å². The molecule has 0 atom stereocenters. The van der Waals surface area contributed by atoms with Crippen LogP contribution in [-0.2, 0) is 4.79 Å². The minimum Gasteiger partial charge on any atom is -0.480 e. The first-order chi connectivity index (χ1) is 8.80. The zero-order chi connectivity index (χ0) is 14.6. The summed E-state index contributed by atoms with van der Waals surface area (Å²) in [5.74, 6) is -0.977. The Morgan fingerprint density at radius 1 is 1.21 bits per heavy atom. The molecule has 1 rings (SSSR count). The molecule has 1 aliphatic heterocycles. The lowest BCUT2D eigenvalue weighted by molar-refractivity contribution is -0.147. The normalized spacial score (nSPS) is 18.0. The number of urea groups is 1. The van der Waals surface area contributed by atoms with Gasteiger partial charge in [-0.15, -0.1) is 0 Å². The van der Waals surface area contributed by atoms with E-state index in [1.807, 2.05) is 14.0 Å². The van der Waals surface area contributed by atoms with E-state index in [4.69, 9.17) is 0 Å². The Hall–Kier alpha value is -1.30. The number of carboxylic acids is 1. The van der Waals surface area contributed by atoms with E-state index in [2.05, 4.69) is 4.90 Å². The van der Waals surface area contributed by atoms with Gasteiger partial charge in [-0.2, -0.15) is 0 Å². The minimum absolute atomic E-state index is 0.176. The van der Waals surface area contributed by atoms with Crippen molar-refractivity contribution >= 4 is 12.0 Å². The Kier molecular flexibility index (Phi) is 5.17. The number of carboxylic acid groups (broad SMARTS) is 1. The summed E-state index contributed by atoms with van der Waals surface area (Å²) >= 11 is 0. The third kappa shape index (κ3) is 3.59. The van der Waals surface area contributed by atoms with Crippen molar-refractivity contribution in [1.82, 2.24) is 14.7 Å². The molecule has 1 heterocycles. The monoisotopic (exact) mass is 271 g/mol. The predicted octanol–water partition coefficient (Wildman–Crippen LogP) is 0.929. The molecule has 0 bridgehead atoms. The molecule has 0 radical (unpaired) electrons. The van der Waals surface area contributed by atoms with Crippen molar-refractivity contribution < 1.29 is 14.7 Å². The molecule has 0 aromatic heterocycles. The van der Waals surface area contributed by atoms with Crippen LogP contribution in [0.4, 0.5) is 4.79 Å². The third-order valence-corrected chi connectivity index (χ3v) is 3.74. The summed E-state index contributed by atoms with van der Waals surface area (Å²) in [6.45, 7) is 8.49. The topological polar surface area (TPSA) is 64.1 Å². The van der Waals surface area contributed by atoms with Gasteiger partial charge in [0.15, 0.2) is 0 Å². The van der Waals surface area contributed by atoms with Crippen molar-refractivity contribution in [3.63, 3.8) is 0 Å². The highest BCUT2D eigenvalue weighted by molar-refractivity contribution is 5.85. The van der Waals surface area contributed by atoms with Crippen LogP contribution in [0, 0.1) is 0 Å². The molecule has 0 unspecified atom stereocenters. The average molecular weight is 271 g/mol. The Labute approximate surface area is 115 Å². The average Bonchev–Trinajstić information content (AvgIpc) is 2.54. The summed E-state index contributed by atoms with van der Waals surface area (Å²) in [5.41, 5.74) is -1.18. The lowest BCUT2D eigenvalue weighted by Crippen LogP contribution is -2.57. The summed E-state index contributed by atoms with van der Waals surface area (Å²) < 4.78 is 0. The minimum atomic E-state index is -1.18.